The second kappa shape index (κ2) is 4.24. The van der Waals surface area contributed by atoms with Gasteiger partial charge >= 0.3 is 0 Å². The van der Waals surface area contributed by atoms with Crippen LogP contribution in [0.5, 0.6) is 0 Å². The number of rotatable bonds is 2. The zero-order chi connectivity index (χ0) is 11.5. The summed E-state index contributed by atoms with van der Waals surface area (Å²) in [5.41, 5.74) is 6.00. The number of nitrogens with one attached hydrogen (secondary N) is 1. The maximum atomic E-state index is 11.6. The van der Waals surface area contributed by atoms with Crippen LogP contribution in [0.15, 0.2) is 34.9 Å². The van der Waals surface area contributed by atoms with E-state index in [9.17, 15) is 4.79 Å². The highest BCUT2D eigenvalue weighted by atomic mass is 35.5. The molecule has 0 spiro atoms. The number of furan rings is 1. The maximum Gasteiger partial charge on any atom is 0.292 e. The van der Waals surface area contributed by atoms with Crippen LogP contribution in [0.4, 0.5) is 11.5 Å². The lowest BCUT2D eigenvalue weighted by Crippen LogP contribution is -2.13. The minimum absolute atomic E-state index is 0.107. The van der Waals surface area contributed by atoms with Gasteiger partial charge in [-0.15, -0.1) is 0 Å². The van der Waals surface area contributed by atoms with E-state index in [0.29, 0.717) is 11.5 Å². The van der Waals surface area contributed by atoms with Crippen molar-refractivity contribution in [2.45, 2.75) is 0 Å². The molecule has 1 amide bonds. The molecule has 2 rings (SSSR count). The summed E-state index contributed by atoms with van der Waals surface area (Å²) in [6, 6.07) is 6.27. The molecular weight excluding hydrogens is 230 g/mol. The Balaban J connectivity index is 2.17. The number of nitrogens with two attached hydrogens (primary N) is 1. The standard InChI is InChI=1S/C10H8ClN3O2/c11-8-4-3-7(16-8)10(15)14-9-6(12)2-1-5-13-9/h1-5H,12H2,(H,13,14,15). The summed E-state index contributed by atoms with van der Waals surface area (Å²) in [7, 11) is 0. The molecule has 0 aliphatic carbocycles. The molecule has 0 aliphatic heterocycles. The molecule has 0 radical (unpaired) electrons. The highest BCUT2D eigenvalue weighted by molar-refractivity contribution is 6.29. The minimum atomic E-state index is -0.447. The average Bonchev–Trinajstić information content (AvgIpc) is 2.68. The maximum absolute atomic E-state index is 11.6. The number of nitrogens with zero attached hydrogens (tertiary/aromatic N) is 1. The lowest BCUT2D eigenvalue weighted by atomic mass is 10.3. The van der Waals surface area contributed by atoms with E-state index in [1.807, 2.05) is 0 Å². The molecule has 0 aromatic carbocycles. The zero-order valence-corrected chi connectivity index (χ0v) is 8.86. The Morgan fingerprint density at radius 3 is 2.88 bits per heavy atom. The summed E-state index contributed by atoms with van der Waals surface area (Å²) in [5, 5.41) is 2.66. The molecule has 6 heteroatoms. The van der Waals surface area contributed by atoms with Gasteiger partial charge in [0.15, 0.2) is 16.8 Å². The molecule has 0 atom stereocenters. The van der Waals surface area contributed by atoms with E-state index in [1.165, 1.54) is 18.3 Å². The summed E-state index contributed by atoms with van der Waals surface area (Å²) in [6.45, 7) is 0. The monoisotopic (exact) mass is 237 g/mol. The molecule has 0 unspecified atom stereocenters. The molecule has 5 nitrogen and oxygen atoms in total. The number of hydrogen-bond donors (Lipinski definition) is 2. The fraction of sp³-hybridized carbons (Fsp3) is 0. The molecule has 0 aliphatic rings. The number of hydrogen-bond acceptors (Lipinski definition) is 4. The van der Waals surface area contributed by atoms with E-state index in [1.54, 1.807) is 12.1 Å². The van der Waals surface area contributed by atoms with Crippen LogP contribution in [0, 0.1) is 0 Å². The van der Waals surface area contributed by atoms with Gasteiger partial charge in [-0.05, 0) is 35.9 Å². The minimum Gasteiger partial charge on any atom is -0.440 e. The summed E-state index contributed by atoms with van der Waals surface area (Å²) >= 11 is 5.55. The third-order valence-corrected chi connectivity index (χ3v) is 2.07. The number of aromatic nitrogens is 1. The summed E-state index contributed by atoms with van der Waals surface area (Å²) < 4.78 is 4.94. The van der Waals surface area contributed by atoms with Gasteiger partial charge in [-0.25, -0.2) is 4.98 Å². The number of halogens is 1. The van der Waals surface area contributed by atoms with Crippen LogP contribution in [-0.4, -0.2) is 10.9 Å². The Morgan fingerprint density at radius 1 is 1.44 bits per heavy atom. The average molecular weight is 238 g/mol. The van der Waals surface area contributed by atoms with E-state index in [-0.39, 0.29) is 11.0 Å². The topological polar surface area (TPSA) is 81.1 Å². The number of pyridine rings is 1. The van der Waals surface area contributed by atoms with Crippen LogP contribution in [-0.2, 0) is 0 Å². The zero-order valence-electron chi connectivity index (χ0n) is 8.11. The summed E-state index contributed by atoms with van der Waals surface area (Å²) in [5.74, 6) is -0.0487. The van der Waals surface area contributed by atoms with Crippen LogP contribution < -0.4 is 11.1 Å². The second-order valence-corrected chi connectivity index (χ2v) is 3.37. The molecular formula is C10H8ClN3O2. The SMILES string of the molecule is Nc1cccnc1NC(=O)c1ccc(Cl)o1. The van der Waals surface area contributed by atoms with E-state index in [0.717, 1.165) is 0 Å². The highest BCUT2D eigenvalue weighted by Gasteiger charge is 2.12. The first-order valence-corrected chi connectivity index (χ1v) is 4.82. The first kappa shape index (κ1) is 10.5. The van der Waals surface area contributed by atoms with E-state index in [4.69, 9.17) is 21.8 Å². The second-order valence-electron chi connectivity index (χ2n) is 3.00. The largest absolute Gasteiger partial charge is 0.440 e. The van der Waals surface area contributed by atoms with E-state index < -0.39 is 5.91 Å². The molecule has 0 bridgehead atoms. The Labute approximate surface area is 96.2 Å². The smallest absolute Gasteiger partial charge is 0.292 e. The van der Waals surface area contributed by atoms with Gasteiger partial charge in [-0.1, -0.05) is 0 Å². The van der Waals surface area contributed by atoms with Gasteiger partial charge < -0.3 is 15.5 Å². The van der Waals surface area contributed by atoms with Crippen molar-refractivity contribution < 1.29 is 9.21 Å². The van der Waals surface area contributed by atoms with Gasteiger partial charge in [-0.2, -0.15) is 0 Å². The van der Waals surface area contributed by atoms with Crippen LogP contribution >= 0.6 is 11.6 Å². The van der Waals surface area contributed by atoms with Crippen LogP contribution in [0.25, 0.3) is 0 Å². The number of nitrogen functional groups attached to an aromatic ring is 1. The molecule has 3 N–H and O–H groups in total. The summed E-state index contributed by atoms with van der Waals surface area (Å²) in [4.78, 5) is 15.5. The van der Waals surface area contributed by atoms with Crippen molar-refractivity contribution in [3.8, 4) is 0 Å². The summed E-state index contributed by atoms with van der Waals surface area (Å²) in [6.07, 6.45) is 1.53. The first-order chi connectivity index (χ1) is 7.66. The number of carbonyl (C=O) groups is 1. The third kappa shape index (κ3) is 2.14. The van der Waals surface area contributed by atoms with Gasteiger partial charge in [0.05, 0.1) is 5.69 Å². The fourth-order valence-electron chi connectivity index (χ4n) is 1.13. The lowest BCUT2D eigenvalue weighted by Gasteiger charge is -2.04. The molecule has 0 saturated carbocycles. The predicted molar refractivity (Wildman–Crippen MR) is 60.3 cm³/mol. The van der Waals surface area contributed by atoms with Crippen LogP contribution in [0.3, 0.4) is 0 Å². The number of amides is 1. The molecule has 0 fully saturated rings. The quantitative estimate of drug-likeness (QED) is 0.839. The van der Waals surface area contributed by atoms with Crippen molar-refractivity contribution in [2.75, 3.05) is 11.1 Å². The Hall–Kier alpha value is -2.01. The van der Waals surface area contributed by atoms with Crippen LogP contribution in [0.2, 0.25) is 5.22 Å². The molecule has 82 valence electrons. The number of anilines is 2. The van der Waals surface area contributed by atoms with E-state index in [2.05, 4.69) is 10.3 Å². The van der Waals surface area contributed by atoms with E-state index >= 15 is 0 Å². The highest BCUT2D eigenvalue weighted by Crippen LogP contribution is 2.17. The van der Waals surface area contributed by atoms with Gasteiger partial charge in [0.25, 0.3) is 5.91 Å². The molecule has 2 heterocycles. The first-order valence-electron chi connectivity index (χ1n) is 4.44. The lowest BCUT2D eigenvalue weighted by molar-refractivity contribution is 0.0996. The van der Waals surface area contributed by atoms with Gasteiger partial charge in [0.2, 0.25) is 0 Å². The van der Waals surface area contributed by atoms with Crippen molar-refractivity contribution >= 4 is 29.0 Å². The number of carbonyl (C=O) groups excluding carboxylic acids is 1. The van der Waals surface area contributed by atoms with Gasteiger partial charge in [0, 0.05) is 6.20 Å². The molecule has 0 saturated heterocycles. The molecule has 2 aromatic rings. The van der Waals surface area contributed by atoms with Crippen molar-refractivity contribution in [3.63, 3.8) is 0 Å². The Morgan fingerprint density at radius 2 is 2.25 bits per heavy atom. The third-order valence-electron chi connectivity index (χ3n) is 1.87. The van der Waals surface area contributed by atoms with Crippen molar-refractivity contribution in [2.24, 2.45) is 0 Å². The fourth-order valence-corrected chi connectivity index (χ4v) is 1.27. The van der Waals surface area contributed by atoms with Gasteiger partial charge in [-0.3, -0.25) is 4.79 Å². The van der Waals surface area contributed by atoms with Crippen molar-refractivity contribution in [1.29, 1.82) is 0 Å². The Kier molecular flexibility index (Phi) is 2.78. The van der Waals surface area contributed by atoms with Crippen LogP contribution in [0.1, 0.15) is 10.6 Å². The Bertz CT molecular complexity index is 524. The molecule has 2 aromatic heterocycles. The predicted octanol–water partition coefficient (Wildman–Crippen LogP) is 2.16. The van der Waals surface area contributed by atoms with Gasteiger partial charge in [0.1, 0.15) is 0 Å². The van der Waals surface area contributed by atoms with Crippen molar-refractivity contribution in [1.82, 2.24) is 4.98 Å². The molecule has 16 heavy (non-hydrogen) atoms. The van der Waals surface area contributed by atoms with Crippen molar-refractivity contribution in [3.05, 3.63) is 41.4 Å². The normalized spacial score (nSPS) is 10.1.